The summed E-state index contributed by atoms with van der Waals surface area (Å²) in [6.45, 7) is 5.60. The molecule has 1 aromatic carbocycles. The Morgan fingerprint density at radius 3 is 2.66 bits per heavy atom. The van der Waals surface area contributed by atoms with Gasteiger partial charge in [-0.05, 0) is 70.7 Å². The van der Waals surface area contributed by atoms with Crippen molar-refractivity contribution in [3.05, 3.63) is 59.5 Å². The predicted molar refractivity (Wildman–Crippen MR) is 135 cm³/mol. The number of carbonyl (C=O) groups is 1. The first-order chi connectivity index (χ1) is 16.6. The highest BCUT2D eigenvalue weighted by Crippen LogP contribution is 2.42. The van der Waals surface area contributed by atoms with Gasteiger partial charge in [0.2, 0.25) is 0 Å². The van der Waals surface area contributed by atoms with Gasteiger partial charge in [0, 0.05) is 23.7 Å². The van der Waals surface area contributed by atoms with E-state index in [-0.39, 0.29) is 23.5 Å². The normalized spacial score (nSPS) is 20.3. The molecule has 9 heteroatoms. The maximum absolute atomic E-state index is 14.3. The molecule has 0 saturated heterocycles. The number of aromatic nitrogens is 2. The Morgan fingerprint density at radius 2 is 1.97 bits per heavy atom. The van der Waals surface area contributed by atoms with Gasteiger partial charge in [-0.25, -0.2) is 14.4 Å². The van der Waals surface area contributed by atoms with E-state index in [1.165, 1.54) is 17.4 Å². The van der Waals surface area contributed by atoms with E-state index >= 15 is 0 Å². The molecule has 3 N–H and O–H groups in total. The van der Waals surface area contributed by atoms with Crippen LogP contribution in [0.3, 0.4) is 0 Å². The molecule has 3 aromatic rings. The Bertz CT molecular complexity index is 1160. The lowest BCUT2D eigenvalue weighted by Gasteiger charge is -2.39. The molecule has 1 aliphatic rings. The number of anilines is 3. The SMILES string of the molecule is CC(C)(C)OC(=O)C1(Cc2cccc(Nc3nccs3)n2)CCC(Oc2cccc(N)c2F)CC1. The van der Waals surface area contributed by atoms with Crippen LogP contribution in [0, 0.1) is 11.2 Å². The molecule has 0 amide bonds. The molecular weight excluding hydrogens is 467 g/mol. The molecule has 0 unspecified atom stereocenters. The third kappa shape index (κ3) is 6.28. The monoisotopic (exact) mass is 498 g/mol. The first-order valence-corrected chi connectivity index (χ1v) is 12.6. The van der Waals surface area contributed by atoms with Crippen LogP contribution in [0.1, 0.15) is 52.1 Å². The fourth-order valence-electron chi connectivity index (χ4n) is 4.29. The van der Waals surface area contributed by atoms with Crippen LogP contribution in [0.4, 0.5) is 21.0 Å². The number of hydrogen-bond donors (Lipinski definition) is 2. The minimum absolute atomic E-state index is 0.0544. The number of ether oxygens (including phenoxy) is 2. The molecule has 0 atom stereocenters. The van der Waals surface area contributed by atoms with Crippen LogP contribution in [-0.4, -0.2) is 27.6 Å². The second-order valence-corrected chi connectivity index (χ2v) is 10.8. The summed E-state index contributed by atoms with van der Waals surface area (Å²) >= 11 is 1.49. The number of nitrogens with one attached hydrogen (secondary N) is 1. The number of thiazole rings is 1. The van der Waals surface area contributed by atoms with E-state index in [0.717, 1.165) is 10.8 Å². The van der Waals surface area contributed by atoms with Gasteiger partial charge in [-0.1, -0.05) is 12.1 Å². The molecule has 186 valence electrons. The molecule has 1 saturated carbocycles. The maximum Gasteiger partial charge on any atom is 0.312 e. The fourth-order valence-corrected chi connectivity index (χ4v) is 4.82. The highest BCUT2D eigenvalue weighted by atomic mass is 32.1. The average Bonchev–Trinajstić information content (AvgIpc) is 3.30. The summed E-state index contributed by atoms with van der Waals surface area (Å²) in [4.78, 5) is 22.4. The number of benzene rings is 1. The van der Waals surface area contributed by atoms with E-state index in [4.69, 9.17) is 20.2 Å². The average molecular weight is 499 g/mol. The van der Waals surface area contributed by atoms with Gasteiger partial charge < -0.3 is 20.5 Å². The van der Waals surface area contributed by atoms with Gasteiger partial charge in [0.1, 0.15) is 11.4 Å². The van der Waals surface area contributed by atoms with Crippen LogP contribution >= 0.6 is 11.3 Å². The molecule has 7 nitrogen and oxygen atoms in total. The summed E-state index contributed by atoms with van der Waals surface area (Å²) in [6, 6.07) is 10.4. The number of nitrogens with two attached hydrogens (primary N) is 1. The summed E-state index contributed by atoms with van der Waals surface area (Å²) in [7, 11) is 0. The van der Waals surface area contributed by atoms with Crippen LogP contribution in [0.5, 0.6) is 5.75 Å². The van der Waals surface area contributed by atoms with Crippen molar-refractivity contribution in [3.8, 4) is 5.75 Å². The minimum Gasteiger partial charge on any atom is -0.487 e. The lowest BCUT2D eigenvalue weighted by Crippen LogP contribution is -2.44. The summed E-state index contributed by atoms with van der Waals surface area (Å²) in [5.41, 5.74) is 5.17. The second kappa shape index (κ2) is 10.2. The Labute approximate surface area is 208 Å². The van der Waals surface area contributed by atoms with E-state index in [2.05, 4.69) is 10.3 Å². The van der Waals surface area contributed by atoms with Crippen LogP contribution in [0.15, 0.2) is 48.0 Å². The van der Waals surface area contributed by atoms with E-state index in [1.807, 2.05) is 44.4 Å². The summed E-state index contributed by atoms with van der Waals surface area (Å²) < 4.78 is 26.1. The van der Waals surface area contributed by atoms with Crippen LogP contribution in [0.2, 0.25) is 0 Å². The van der Waals surface area contributed by atoms with Gasteiger partial charge in [0.15, 0.2) is 16.7 Å². The molecule has 0 radical (unpaired) electrons. The van der Waals surface area contributed by atoms with Crippen LogP contribution in [-0.2, 0) is 16.0 Å². The topological polar surface area (TPSA) is 99.4 Å². The zero-order valence-electron chi connectivity index (χ0n) is 20.2. The molecule has 35 heavy (non-hydrogen) atoms. The number of rotatable bonds is 7. The third-order valence-electron chi connectivity index (χ3n) is 6.00. The fraction of sp³-hybridized carbons (Fsp3) is 0.423. The molecule has 0 spiro atoms. The Kier molecular flexibility index (Phi) is 7.25. The zero-order valence-corrected chi connectivity index (χ0v) is 21.0. The third-order valence-corrected chi connectivity index (χ3v) is 6.69. The standard InChI is InChI=1S/C26H31FN4O3S/c1-25(2,3)34-23(32)26(16-17-6-4-9-21(30-17)31-24-29-14-15-35-24)12-10-18(11-13-26)33-20-8-5-7-19(28)22(20)27/h4-9,14-15,18H,10-13,16,28H2,1-3H3,(H,29,30,31). The van der Waals surface area contributed by atoms with E-state index in [9.17, 15) is 9.18 Å². The first-order valence-electron chi connectivity index (χ1n) is 11.7. The molecule has 1 aliphatic carbocycles. The molecule has 1 fully saturated rings. The molecule has 0 aliphatic heterocycles. The van der Waals surface area contributed by atoms with Crippen molar-refractivity contribution in [2.45, 2.75) is 64.6 Å². The molecule has 0 bridgehead atoms. The highest BCUT2D eigenvalue weighted by Gasteiger charge is 2.45. The predicted octanol–water partition coefficient (Wildman–Crippen LogP) is 5.90. The van der Waals surface area contributed by atoms with Crippen LogP contribution < -0.4 is 15.8 Å². The van der Waals surface area contributed by atoms with Crippen molar-refractivity contribution in [3.63, 3.8) is 0 Å². The van der Waals surface area contributed by atoms with Crippen molar-refractivity contribution in [2.75, 3.05) is 11.1 Å². The largest absolute Gasteiger partial charge is 0.487 e. The van der Waals surface area contributed by atoms with Crippen molar-refractivity contribution in [1.29, 1.82) is 0 Å². The smallest absolute Gasteiger partial charge is 0.312 e. The summed E-state index contributed by atoms with van der Waals surface area (Å²) in [6.07, 6.45) is 4.21. The van der Waals surface area contributed by atoms with Crippen molar-refractivity contribution < 1.29 is 18.7 Å². The zero-order chi connectivity index (χ0) is 25.1. The van der Waals surface area contributed by atoms with Crippen molar-refractivity contribution >= 4 is 33.9 Å². The molecule has 4 rings (SSSR count). The van der Waals surface area contributed by atoms with Gasteiger partial charge in [-0.2, -0.15) is 0 Å². The number of hydrogen-bond acceptors (Lipinski definition) is 8. The van der Waals surface area contributed by atoms with E-state index < -0.39 is 16.8 Å². The van der Waals surface area contributed by atoms with E-state index in [1.54, 1.807) is 18.3 Å². The molecule has 2 aromatic heterocycles. The Hall–Kier alpha value is -3.20. The van der Waals surface area contributed by atoms with Gasteiger partial charge in [-0.15, -0.1) is 11.3 Å². The van der Waals surface area contributed by atoms with Gasteiger partial charge in [0.05, 0.1) is 17.2 Å². The second-order valence-electron chi connectivity index (χ2n) is 9.91. The summed E-state index contributed by atoms with van der Waals surface area (Å²) in [5, 5.41) is 5.84. The lowest BCUT2D eigenvalue weighted by molar-refractivity contribution is -0.171. The number of halogens is 1. The first kappa shape index (κ1) is 24.9. The quantitative estimate of drug-likeness (QED) is 0.309. The van der Waals surface area contributed by atoms with Gasteiger partial charge in [-0.3, -0.25) is 4.79 Å². The maximum atomic E-state index is 14.3. The summed E-state index contributed by atoms with van der Waals surface area (Å²) in [5.74, 6) is 0.0252. The number of carbonyl (C=O) groups excluding carboxylic acids is 1. The Morgan fingerprint density at radius 1 is 1.23 bits per heavy atom. The van der Waals surface area contributed by atoms with Crippen molar-refractivity contribution in [1.82, 2.24) is 9.97 Å². The Balaban J connectivity index is 1.51. The molecular formula is C26H31FN4O3S. The van der Waals surface area contributed by atoms with E-state index in [0.29, 0.717) is 37.9 Å². The number of pyridine rings is 1. The van der Waals surface area contributed by atoms with Gasteiger partial charge >= 0.3 is 5.97 Å². The van der Waals surface area contributed by atoms with Crippen molar-refractivity contribution in [2.24, 2.45) is 5.41 Å². The number of nitrogen functional groups attached to an aromatic ring is 1. The lowest BCUT2D eigenvalue weighted by atomic mass is 9.70. The van der Waals surface area contributed by atoms with Crippen LogP contribution in [0.25, 0.3) is 0 Å². The number of esters is 1. The highest BCUT2D eigenvalue weighted by molar-refractivity contribution is 7.13. The molecule has 2 heterocycles. The van der Waals surface area contributed by atoms with Gasteiger partial charge in [0.25, 0.3) is 0 Å². The number of nitrogens with zero attached hydrogens (tertiary/aromatic N) is 2. The minimum atomic E-state index is -0.742.